The van der Waals surface area contributed by atoms with E-state index in [1.165, 1.54) is 40.7 Å². The second-order valence-electron chi connectivity index (χ2n) is 44.3. The Labute approximate surface area is 925 Å². The molecule has 18 bridgehead atoms. The van der Waals surface area contributed by atoms with E-state index in [4.69, 9.17) is 33.5 Å². The molecule has 8 aliphatic carbocycles. The average Bonchev–Trinajstić information content (AvgIpc) is 1.59. The number of carboxylic acid groups (broad SMARTS) is 1. The number of H-pyrrole nitrogens is 6. The van der Waals surface area contributed by atoms with E-state index >= 15 is 0 Å². The van der Waals surface area contributed by atoms with Crippen LogP contribution in [0, 0.1) is 89.5 Å². The topological polar surface area (TPSA) is 343 Å². The third kappa shape index (κ3) is 19.7. The van der Waals surface area contributed by atoms with Crippen LogP contribution in [-0.4, -0.2) is 269 Å². The van der Waals surface area contributed by atoms with Crippen LogP contribution in [0.1, 0.15) is 174 Å². The molecule has 5 amide bonds. The summed E-state index contributed by atoms with van der Waals surface area (Å²) < 4.78 is 35.3. The number of benzene rings is 6. The molecular weight excluding hydrogens is 1980 g/mol. The van der Waals surface area contributed by atoms with Crippen molar-refractivity contribution in [2.75, 3.05) is 72.4 Å². The summed E-state index contributed by atoms with van der Waals surface area (Å²) in [5, 5.41) is 26.6. The van der Waals surface area contributed by atoms with E-state index < -0.39 is 23.1 Å². The van der Waals surface area contributed by atoms with Crippen molar-refractivity contribution in [1.82, 2.24) is 54.4 Å². The number of carbonyl (C=O) groups excluding carboxylic acids is 7. The number of aryl methyl sites for hydroxylation is 6. The van der Waals surface area contributed by atoms with Gasteiger partial charge >= 0.3 is 58.6 Å². The monoisotopic (exact) mass is 2110 g/mol. The number of halogens is 1. The smallest absolute Gasteiger partial charge is 1.00 e. The molecule has 150 heavy (non-hydrogen) atoms. The Bertz CT molecular complexity index is 7100. The quantitative estimate of drug-likeness (QED) is 0.0418. The number of rotatable bonds is 7. The third-order valence-electron chi connectivity index (χ3n) is 34.7. The van der Waals surface area contributed by atoms with Crippen molar-refractivity contribution in [2.24, 2.45) is 41.4 Å². The molecule has 31 heteroatoms. The number of aliphatic carboxylic acids is 1. The summed E-state index contributed by atoms with van der Waals surface area (Å²) in [5.74, 6) is 2.30. The minimum absolute atomic E-state index is 0. The summed E-state index contributed by atoms with van der Waals surface area (Å²) in [6.07, 6.45) is 33.2. The molecule has 24 aliphatic rings. The number of amides is 5. The standard InChI is InChI=1S/2C20H22N2O3.C20H22N2O2.2C18H18N2O2.C11H11NO2.C10H14O2.C2H3.B.BrH.Mg.Na.H/c2*1-13-2-4-17-16(8-13)15(11-21-17)9-19(23)22-12-14-3-5-18(22)20(10-14)24-6-7-25-20;1-3-20(24)9-12-7-15-18-14(8-17(23)22(10-12)19(15)20)13-6-11(2)4-5-16(13)21-18;2*1-9-2-3-14-11(4-9)12-7-16(22)20-8-10-5-13(17(12)19-14)18(20)15(21)6-10;1-7-2-3-10-9(4-7)8(6-12-10)5-11(13)14;1-3-9-4-2-8(1)7-10(9)11-5-6-12-10;1-2;;;;;/h2*2-5,8,11,14,18,21H,6-7,9-10,12H2,1H3;3-6,12,15,19,21,24H,1,7-10H2,2H3;2*2-4,10,13,18-19H,5-8H2,1H3;2-4,6,12H,5H2,1H3,(H,13,14);1,3,8-9H,2,4-7H2;1H,2H2;;1H;;;/q;;;;;;;-1;;;+2;+1;-1/p-1. The first-order valence-electron chi connectivity index (χ1n) is 52.5. The van der Waals surface area contributed by atoms with Gasteiger partial charge in [0, 0.05) is 198 Å². The maximum atomic E-state index is 13.1. The molecule has 16 unspecified atom stereocenters. The molecular formula is C119H131BBrMgN11NaO16. The Morgan fingerprint density at radius 2 is 0.773 bits per heavy atom. The SMILES string of the molecule is C1=CC2CCC1CC21OCCO1.C=CC1(O)CC2CC3c4[nH]c5ccc(C)cc5c4CC(=O)N(C2)C31.Cc1ccc2[nH]c3c(c2c1)CC(=O)N1CC2CC(=O)C1C3C2.Cc1ccc2[nH]c3c(c2c1)CC(=O)N1CC2CC(=O)C1C3C2.Cc1ccc2[nH]cc(CC(=O)N3CC4C=CC3C3(C4)OCCO3)c2c1.Cc1ccc2[nH]cc(CC(=O)N3CC4C=CC3C3(C4)OCCO3)c2c1.Cc1ccc2[nH]cc(CC(=O)O)c2c1.[B].[Br-].[CH-]=C.[H-].[Mg+2].[Na+]. The first-order valence-corrected chi connectivity index (χ1v) is 52.5. The molecule has 3 radical (unpaired) electrons. The van der Waals surface area contributed by atoms with Gasteiger partial charge in [-0.25, -0.2) is 0 Å². The van der Waals surface area contributed by atoms with Gasteiger partial charge < -0.3 is 118 Å². The van der Waals surface area contributed by atoms with Crippen molar-refractivity contribution in [3.8, 4) is 0 Å². The number of aromatic nitrogens is 6. The number of fused-ring (bicyclic) bond motifs is 18. The first kappa shape index (κ1) is 108. The number of carboxylic acids is 1. The molecule has 6 aromatic heterocycles. The van der Waals surface area contributed by atoms with Crippen LogP contribution in [0.4, 0.5) is 0 Å². The van der Waals surface area contributed by atoms with Gasteiger partial charge in [-0.2, -0.15) is 0 Å². The molecule has 4 saturated carbocycles. The number of aromatic amines is 6. The fourth-order valence-corrected chi connectivity index (χ4v) is 28.4. The molecule has 8 N–H and O–H groups in total. The van der Waals surface area contributed by atoms with E-state index in [1.807, 2.05) is 62.0 Å². The summed E-state index contributed by atoms with van der Waals surface area (Å²) in [4.78, 5) is 130. The number of hydrogen-bond donors (Lipinski definition) is 8. The zero-order valence-corrected chi connectivity index (χ0v) is 91.6. The van der Waals surface area contributed by atoms with E-state index in [1.54, 1.807) is 12.3 Å². The molecule has 3 spiro atoms. The Kier molecular flexibility index (Phi) is 31.0. The summed E-state index contributed by atoms with van der Waals surface area (Å²) in [6.45, 7) is 31.1. The van der Waals surface area contributed by atoms with Gasteiger partial charge in [-0.1, -0.05) is 112 Å². The Balaban J connectivity index is 0.000000115. The number of Topliss-reactive ketones (excluding diaryl/α,β-unsaturated/α-hetero) is 2. The van der Waals surface area contributed by atoms with Crippen LogP contribution in [0.3, 0.4) is 0 Å². The Hall–Kier alpha value is -10.5. The summed E-state index contributed by atoms with van der Waals surface area (Å²) >= 11 is 0. The number of ether oxygens (including phenoxy) is 6. The van der Waals surface area contributed by atoms with Crippen LogP contribution in [0.25, 0.3) is 65.4 Å². The van der Waals surface area contributed by atoms with Crippen LogP contribution >= 0.6 is 0 Å². The van der Waals surface area contributed by atoms with Gasteiger partial charge in [0.2, 0.25) is 29.5 Å². The average molecular weight is 2110 g/mol. The van der Waals surface area contributed by atoms with E-state index in [0.29, 0.717) is 113 Å². The molecule has 12 aromatic rings. The molecule has 771 valence electrons. The second kappa shape index (κ2) is 43.1. The third-order valence-corrected chi connectivity index (χ3v) is 34.7. The Morgan fingerprint density at radius 3 is 1.13 bits per heavy atom. The minimum Gasteiger partial charge on any atom is -1.00 e. The number of ketones is 2. The number of allylic oxidation sites excluding steroid dienone is 1. The zero-order valence-electron chi connectivity index (χ0n) is 87.6. The van der Waals surface area contributed by atoms with E-state index in [9.17, 15) is 43.5 Å². The summed E-state index contributed by atoms with van der Waals surface area (Å²) in [7, 11) is 0. The second-order valence-corrected chi connectivity index (χ2v) is 44.3. The van der Waals surface area contributed by atoms with Crippen LogP contribution in [0.15, 0.2) is 183 Å². The first-order chi connectivity index (χ1) is 70.6. The van der Waals surface area contributed by atoms with Crippen molar-refractivity contribution in [2.45, 2.75) is 222 Å². The number of nitrogens with zero attached hydrogens (tertiary/aromatic N) is 5. The number of hydrogen-bond acceptors (Lipinski definition) is 15. The van der Waals surface area contributed by atoms with Gasteiger partial charge in [0.15, 0.2) is 28.9 Å². The number of aliphatic hydroxyl groups is 1. The van der Waals surface area contributed by atoms with Crippen LogP contribution < -0.4 is 46.5 Å². The van der Waals surface area contributed by atoms with Crippen LogP contribution in [-0.2, 0) is 105 Å². The van der Waals surface area contributed by atoms with Gasteiger partial charge in [0.25, 0.3) is 0 Å². The maximum Gasteiger partial charge on any atom is 2.00 e. The van der Waals surface area contributed by atoms with Crippen molar-refractivity contribution in [1.29, 1.82) is 0 Å². The van der Waals surface area contributed by atoms with Gasteiger partial charge in [-0.3, -0.25) is 44.9 Å². The van der Waals surface area contributed by atoms with Crippen LogP contribution in [0.5, 0.6) is 0 Å². The number of piperidine rings is 8. The minimum atomic E-state index is -0.976. The summed E-state index contributed by atoms with van der Waals surface area (Å²) in [6, 6.07) is 36.7. The summed E-state index contributed by atoms with van der Waals surface area (Å²) in [5.41, 5.74) is 22.3. The maximum absolute atomic E-state index is 13.1. The fraction of sp³-hybridized carbons (Fsp3) is 0.445. The molecule has 16 aliphatic heterocycles. The van der Waals surface area contributed by atoms with E-state index in [0.717, 1.165) is 212 Å². The number of nitrogens with one attached hydrogen (secondary N) is 6. The molecule has 27 nitrogen and oxygen atoms in total. The van der Waals surface area contributed by atoms with Crippen molar-refractivity contribution < 1.29 is 125 Å². The molecule has 6 aromatic carbocycles. The normalized spacial score (nSPS) is 27.6. The molecule has 36 rings (SSSR count). The van der Waals surface area contributed by atoms with Crippen LogP contribution in [0.2, 0.25) is 0 Å². The van der Waals surface area contributed by atoms with Crippen molar-refractivity contribution >= 4 is 144 Å². The van der Waals surface area contributed by atoms with E-state index in [2.05, 4.69) is 212 Å². The van der Waals surface area contributed by atoms with Gasteiger partial charge in [-0.05, 0) is 222 Å². The van der Waals surface area contributed by atoms with Gasteiger partial charge in [0.1, 0.15) is 17.7 Å². The van der Waals surface area contributed by atoms with Crippen molar-refractivity contribution in [3.05, 3.63) is 274 Å². The predicted molar refractivity (Wildman–Crippen MR) is 568 cm³/mol. The fourth-order valence-electron chi connectivity index (χ4n) is 28.4. The molecule has 22 heterocycles. The zero-order chi connectivity index (χ0) is 101. The largest absolute Gasteiger partial charge is 2.00 e. The van der Waals surface area contributed by atoms with Gasteiger partial charge in [-0.15, -0.1) is 6.58 Å². The molecule has 15 fully saturated rings. The number of carbonyl (C=O) groups is 8. The Morgan fingerprint density at radius 1 is 0.433 bits per heavy atom. The predicted octanol–water partition coefficient (Wildman–Crippen LogP) is 10.1. The molecule has 16 atom stereocenters. The molecule has 11 saturated heterocycles. The van der Waals surface area contributed by atoms with E-state index in [-0.39, 0.29) is 181 Å². The van der Waals surface area contributed by atoms with Gasteiger partial charge in [0.05, 0.1) is 96.3 Å². The van der Waals surface area contributed by atoms with Crippen molar-refractivity contribution in [3.63, 3.8) is 0 Å².